The number of amides is 1. The molecule has 6 heteroatoms. The van der Waals surface area contributed by atoms with Crippen molar-refractivity contribution in [1.82, 2.24) is 5.32 Å². The van der Waals surface area contributed by atoms with Gasteiger partial charge in [-0.2, -0.15) is 0 Å². The third-order valence-corrected chi connectivity index (χ3v) is 12.2. The van der Waals surface area contributed by atoms with Crippen molar-refractivity contribution in [1.29, 1.82) is 0 Å². The molecule has 6 nitrogen and oxygen atoms in total. The second-order valence-electron chi connectivity index (χ2n) is 18.2. The fourth-order valence-corrected chi connectivity index (χ4v) is 8.08. The van der Waals surface area contributed by atoms with Crippen LogP contribution in [0, 0.1) is 0 Å². The SMILES string of the molecule is CCCC/C=C\CCCCCCCC(=O)OCCCCCCCCCC/C=C\CCCCCCCCCC(=O)NC(CO)C(O)CCCCCCCCCCCCCCC. The summed E-state index contributed by atoms with van der Waals surface area (Å²) in [5.74, 6) is -0.0523. The number of carbonyl (C=O) groups is 2. The lowest BCUT2D eigenvalue weighted by Gasteiger charge is -2.22. The largest absolute Gasteiger partial charge is 0.466 e. The number of hydrogen-bond acceptors (Lipinski definition) is 5. The fraction of sp³-hybridized carbons (Fsp3) is 0.889. The Morgan fingerprint density at radius 2 is 0.800 bits per heavy atom. The Morgan fingerprint density at radius 3 is 1.23 bits per heavy atom. The van der Waals surface area contributed by atoms with Crippen LogP contribution in [-0.2, 0) is 14.3 Å². The Bertz CT molecular complexity index is 935. The number of unbranched alkanes of at least 4 members (excludes halogenated alkanes) is 34. The van der Waals surface area contributed by atoms with Gasteiger partial charge in [-0.3, -0.25) is 9.59 Å². The van der Waals surface area contributed by atoms with Crippen LogP contribution in [0.2, 0.25) is 0 Å². The van der Waals surface area contributed by atoms with Gasteiger partial charge in [-0.15, -0.1) is 0 Å². The van der Waals surface area contributed by atoms with Crippen molar-refractivity contribution in [2.45, 2.75) is 296 Å². The first-order chi connectivity index (χ1) is 29.5. The summed E-state index contributed by atoms with van der Waals surface area (Å²) in [6, 6.07) is -0.547. The molecule has 3 N–H and O–H groups in total. The van der Waals surface area contributed by atoms with Crippen molar-refractivity contribution in [2.24, 2.45) is 0 Å². The maximum atomic E-state index is 12.4. The van der Waals surface area contributed by atoms with Crippen LogP contribution in [0.5, 0.6) is 0 Å². The summed E-state index contributed by atoms with van der Waals surface area (Å²) in [6.07, 6.45) is 58.7. The van der Waals surface area contributed by atoms with E-state index < -0.39 is 12.1 Å². The van der Waals surface area contributed by atoms with Gasteiger partial charge in [-0.1, -0.05) is 224 Å². The van der Waals surface area contributed by atoms with E-state index in [-0.39, 0.29) is 18.5 Å². The lowest BCUT2D eigenvalue weighted by atomic mass is 10.0. The molecule has 60 heavy (non-hydrogen) atoms. The summed E-state index contributed by atoms with van der Waals surface area (Å²) >= 11 is 0. The average molecular weight is 846 g/mol. The molecule has 0 aromatic carbocycles. The van der Waals surface area contributed by atoms with Crippen molar-refractivity contribution in [3.8, 4) is 0 Å². The molecule has 0 saturated carbocycles. The van der Waals surface area contributed by atoms with Gasteiger partial charge >= 0.3 is 5.97 Å². The Labute approximate surface area is 373 Å². The molecule has 0 aliphatic heterocycles. The monoisotopic (exact) mass is 846 g/mol. The molecule has 0 spiro atoms. The highest BCUT2D eigenvalue weighted by atomic mass is 16.5. The van der Waals surface area contributed by atoms with Crippen molar-refractivity contribution in [3.05, 3.63) is 24.3 Å². The number of nitrogens with one attached hydrogen (secondary N) is 1. The minimum Gasteiger partial charge on any atom is -0.466 e. The normalized spacial score (nSPS) is 12.8. The van der Waals surface area contributed by atoms with E-state index in [0.717, 1.165) is 44.9 Å². The highest BCUT2D eigenvalue weighted by Crippen LogP contribution is 2.16. The quantitative estimate of drug-likeness (QED) is 0.0322. The molecule has 0 heterocycles. The molecule has 1 amide bonds. The Morgan fingerprint density at radius 1 is 0.450 bits per heavy atom. The molecule has 0 aromatic rings. The van der Waals surface area contributed by atoms with Crippen LogP contribution in [0.1, 0.15) is 284 Å². The maximum absolute atomic E-state index is 12.4. The van der Waals surface area contributed by atoms with Gasteiger partial charge in [-0.25, -0.2) is 0 Å². The van der Waals surface area contributed by atoms with Crippen LogP contribution in [-0.4, -0.2) is 47.4 Å². The minimum absolute atomic E-state index is 0.00739. The zero-order chi connectivity index (χ0) is 43.7. The fourth-order valence-electron chi connectivity index (χ4n) is 8.08. The number of aliphatic hydroxyl groups is 2. The van der Waals surface area contributed by atoms with E-state index in [1.165, 1.54) is 205 Å². The first-order valence-electron chi connectivity index (χ1n) is 26.6. The van der Waals surface area contributed by atoms with Crippen LogP contribution in [0.15, 0.2) is 24.3 Å². The average Bonchev–Trinajstić information content (AvgIpc) is 3.25. The van der Waals surface area contributed by atoms with E-state index in [2.05, 4.69) is 43.5 Å². The van der Waals surface area contributed by atoms with E-state index in [0.29, 0.717) is 25.9 Å². The van der Waals surface area contributed by atoms with E-state index in [1.807, 2.05) is 0 Å². The second-order valence-corrected chi connectivity index (χ2v) is 18.2. The van der Waals surface area contributed by atoms with Gasteiger partial charge < -0.3 is 20.3 Å². The first kappa shape index (κ1) is 58.3. The van der Waals surface area contributed by atoms with Gasteiger partial charge in [-0.05, 0) is 70.6 Å². The highest BCUT2D eigenvalue weighted by Gasteiger charge is 2.20. The molecule has 0 rings (SSSR count). The molecule has 0 saturated heterocycles. The van der Waals surface area contributed by atoms with Gasteiger partial charge in [0, 0.05) is 12.8 Å². The van der Waals surface area contributed by atoms with Gasteiger partial charge in [0.2, 0.25) is 5.91 Å². The van der Waals surface area contributed by atoms with Crippen LogP contribution < -0.4 is 5.32 Å². The molecule has 0 aliphatic carbocycles. The maximum Gasteiger partial charge on any atom is 0.305 e. The van der Waals surface area contributed by atoms with Crippen LogP contribution in [0.4, 0.5) is 0 Å². The molecule has 2 unspecified atom stereocenters. The van der Waals surface area contributed by atoms with Crippen LogP contribution in [0.25, 0.3) is 0 Å². The number of rotatable bonds is 49. The Hall–Kier alpha value is -1.66. The highest BCUT2D eigenvalue weighted by molar-refractivity contribution is 5.76. The smallest absolute Gasteiger partial charge is 0.305 e. The van der Waals surface area contributed by atoms with Gasteiger partial charge in [0.05, 0.1) is 25.4 Å². The number of aliphatic hydroxyl groups excluding tert-OH is 2. The van der Waals surface area contributed by atoms with E-state index in [1.54, 1.807) is 0 Å². The molecule has 0 aromatic heterocycles. The number of carbonyl (C=O) groups excluding carboxylic acids is 2. The van der Waals surface area contributed by atoms with Crippen molar-refractivity contribution < 1.29 is 24.5 Å². The van der Waals surface area contributed by atoms with Crippen molar-refractivity contribution in [2.75, 3.05) is 13.2 Å². The molecule has 0 fully saturated rings. The molecule has 0 radical (unpaired) electrons. The predicted molar refractivity (Wildman–Crippen MR) is 260 cm³/mol. The van der Waals surface area contributed by atoms with E-state index in [9.17, 15) is 19.8 Å². The third kappa shape index (κ3) is 45.9. The summed E-state index contributed by atoms with van der Waals surface area (Å²) in [4.78, 5) is 24.4. The number of hydrogen-bond donors (Lipinski definition) is 3. The van der Waals surface area contributed by atoms with Crippen molar-refractivity contribution in [3.63, 3.8) is 0 Å². The van der Waals surface area contributed by atoms with Gasteiger partial charge in [0.15, 0.2) is 0 Å². The zero-order valence-corrected chi connectivity index (χ0v) is 40.2. The summed E-state index contributed by atoms with van der Waals surface area (Å²) in [6.45, 7) is 4.90. The molecule has 2 atom stereocenters. The third-order valence-electron chi connectivity index (χ3n) is 12.2. The van der Waals surface area contributed by atoms with Crippen molar-refractivity contribution >= 4 is 11.9 Å². The predicted octanol–water partition coefficient (Wildman–Crippen LogP) is 15.9. The summed E-state index contributed by atoms with van der Waals surface area (Å²) in [5, 5.41) is 23.2. The molecular weight excluding hydrogens is 743 g/mol. The van der Waals surface area contributed by atoms with Gasteiger partial charge in [0.25, 0.3) is 0 Å². The Kier molecular flexibility index (Phi) is 48.6. The summed E-state index contributed by atoms with van der Waals surface area (Å²) in [5.41, 5.74) is 0. The molecule has 354 valence electrons. The topological polar surface area (TPSA) is 95.9 Å². The molecular formula is C54H103NO5. The second kappa shape index (κ2) is 50.0. The van der Waals surface area contributed by atoms with E-state index in [4.69, 9.17) is 4.74 Å². The number of ether oxygens (including phenoxy) is 1. The number of allylic oxidation sites excluding steroid dienone is 4. The summed E-state index contributed by atoms with van der Waals surface area (Å²) < 4.78 is 5.44. The van der Waals surface area contributed by atoms with E-state index >= 15 is 0 Å². The van der Waals surface area contributed by atoms with Gasteiger partial charge in [0.1, 0.15) is 0 Å². The number of esters is 1. The lowest BCUT2D eigenvalue weighted by Crippen LogP contribution is -2.45. The first-order valence-corrected chi connectivity index (χ1v) is 26.6. The zero-order valence-electron chi connectivity index (χ0n) is 40.2. The molecule has 0 bridgehead atoms. The summed E-state index contributed by atoms with van der Waals surface area (Å²) in [7, 11) is 0. The standard InChI is InChI=1S/C54H103NO5/c1-3-5-7-9-11-13-15-23-27-30-34-38-42-46-52(57)51(50-56)55-53(58)47-43-39-35-31-28-24-21-19-17-16-18-20-22-25-29-33-37-41-45-49-60-54(59)48-44-40-36-32-26-14-12-10-8-6-4-2/h10,12,16-17,51-52,56-57H,3-9,11,13-15,18-50H2,1-2H3,(H,55,58)/b12-10-,17-16-. The Balaban J connectivity index is 3.45. The minimum atomic E-state index is -0.669. The molecule has 0 aliphatic rings. The van der Waals surface area contributed by atoms with Crippen LogP contribution in [0.3, 0.4) is 0 Å². The van der Waals surface area contributed by atoms with Crippen LogP contribution >= 0.6 is 0 Å². The lowest BCUT2D eigenvalue weighted by molar-refractivity contribution is -0.143.